The molecule has 4 heteroatoms. The van der Waals surface area contributed by atoms with Crippen LogP contribution in [0.25, 0.3) is 83.9 Å². The fraction of sp³-hybridized carbons (Fsp3) is 0.226. The van der Waals surface area contributed by atoms with E-state index in [2.05, 4.69) is 186 Å². The number of aromatic hydroxyl groups is 1. The average molecular weight is 866 g/mol. The summed E-state index contributed by atoms with van der Waals surface area (Å²) in [6.07, 6.45) is 1.89. The van der Waals surface area contributed by atoms with Gasteiger partial charge in [-0.05, 0) is 134 Å². The molecule has 330 valence electrons. The first kappa shape index (κ1) is 41.7. The summed E-state index contributed by atoms with van der Waals surface area (Å²) in [5, 5.41) is 12.5. The number of rotatable bonds is 10. The van der Waals surface area contributed by atoms with Crippen LogP contribution in [0.1, 0.15) is 99.1 Å². The highest BCUT2D eigenvalue weighted by atomic mass is 16.3. The number of aryl methyl sites for hydroxylation is 1. The van der Waals surface area contributed by atoms with Gasteiger partial charge in [-0.25, -0.2) is 4.98 Å². The van der Waals surface area contributed by atoms with Crippen LogP contribution >= 0.6 is 0 Å². The number of fused-ring (bicyclic) bond motifs is 1. The Kier molecular flexibility index (Phi) is 11.0. The van der Waals surface area contributed by atoms with Crippen LogP contribution in [0, 0.1) is 12.3 Å². The van der Waals surface area contributed by atoms with Crippen molar-refractivity contribution in [3.05, 3.63) is 192 Å². The first-order valence-corrected chi connectivity index (χ1v) is 23.0. The molecule has 0 amide bonds. The van der Waals surface area contributed by atoms with E-state index in [9.17, 15) is 7.85 Å². The second-order valence-electron chi connectivity index (χ2n) is 19.8. The van der Waals surface area contributed by atoms with Crippen LogP contribution in [0.4, 0.5) is 0 Å². The number of nitrogens with zero attached hydrogens (tertiary/aromatic N) is 3. The summed E-state index contributed by atoms with van der Waals surface area (Å²) in [6, 6.07) is 57.2. The average Bonchev–Trinajstić information content (AvgIpc) is 3.70. The molecule has 0 unspecified atom stereocenters. The van der Waals surface area contributed by atoms with Gasteiger partial charge in [0, 0.05) is 25.6 Å². The Bertz CT molecular complexity index is 3310. The molecule has 0 fully saturated rings. The Balaban J connectivity index is 1.37. The Morgan fingerprint density at radius 2 is 1.20 bits per heavy atom. The molecule has 2 aromatic heterocycles. The largest absolute Gasteiger partial charge is 0.507 e. The van der Waals surface area contributed by atoms with E-state index in [1.807, 2.05) is 44.3 Å². The van der Waals surface area contributed by atoms with Gasteiger partial charge in [0.05, 0.1) is 28.0 Å². The van der Waals surface area contributed by atoms with Crippen LogP contribution in [0.3, 0.4) is 0 Å². The number of benzene rings is 7. The molecule has 0 spiro atoms. The summed E-state index contributed by atoms with van der Waals surface area (Å²) in [6.45, 7) is 20.8. The lowest BCUT2D eigenvalue weighted by Crippen LogP contribution is -2.34. The summed E-state index contributed by atoms with van der Waals surface area (Å²) in [4.78, 5) is 10.6. The smallest absolute Gasteiger partial charge is 0.149 e. The fourth-order valence-electron chi connectivity index (χ4n) is 8.88. The maximum absolute atomic E-state index is 12.5. The number of aromatic nitrogens is 3. The summed E-state index contributed by atoms with van der Waals surface area (Å²) in [5.74, 6) is -1.70. The topological polar surface area (TPSA) is 50.9 Å². The van der Waals surface area contributed by atoms with Crippen molar-refractivity contribution in [2.75, 3.05) is 0 Å². The lowest BCUT2D eigenvalue weighted by Gasteiger charge is -2.40. The van der Waals surface area contributed by atoms with Gasteiger partial charge >= 0.3 is 0 Å². The maximum Gasteiger partial charge on any atom is 0.149 e. The molecule has 2 heterocycles. The van der Waals surface area contributed by atoms with Crippen LogP contribution in [0.15, 0.2) is 170 Å². The van der Waals surface area contributed by atoms with Crippen LogP contribution in [-0.2, 0) is 5.41 Å². The van der Waals surface area contributed by atoms with E-state index in [0.717, 1.165) is 72.5 Å². The van der Waals surface area contributed by atoms with Crippen molar-refractivity contribution < 1.29 is 7.85 Å². The van der Waals surface area contributed by atoms with Gasteiger partial charge in [0.25, 0.3) is 0 Å². The van der Waals surface area contributed by atoms with Gasteiger partial charge < -0.3 is 5.11 Å². The second kappa shape index (κ2) is 17.4. The van der Waals surface area contributed by atoms with Crippen LogP contribution < -0.4 is 0 Å². The second-order valence-corrected chi connectivity index (χ2v) is 19.8. The number of para-hydroxylation sites is 1. The van der Waals surface area contributed by atoms with E-state index >= 15 is 0 Å². The molecule has 0 aliphatic rings. The summed E-state index contributed by atoms with van der Waals surface area (Å²) >= 11 is 0. The molecule has 0 radical (unpaired) electrons. The van der Waals surface area contributed by atoms with Gasteiger partial charge in [0.15, 0.2) is 0 Å². The van der Waals surface area contributed by atoms with Crippen molar-refractivity contribution >= 4 is 11.0 Å². The van der Waals surface area contributed by atoms with Gasteiger partial charge in [-0.3, -0.25) is 9.55 Å². The summed E-state index contributed by atoms with van der Waals surface area (Å²) in [5.41, 5.74) is 16.4. The van der Waals surface area contributed by atoms with Gasteiger partial charge in [0.2, 0.25) is 0 Å². The van der Waals surface area contributed by atoms with E-state index in [1.54, 1.807) is 13.8 Å². The number of pyridine rings is 1. The van der Waals surface area contributed by atoms with Crippen molar-refractivity contribution in [1.29, 1.82) is 0 Å². The van der Waals surface area contributed by atoms with Crippen molar-refractivity contribution in [2.45, 2.75) is 86.4 Å². The minimum Gasteiger partial charge on any atom is -0.507 e. The Morgan fingerprint density at radius 3 is 1.86 bits per heavy atom. The van der Waals surface area contributed by atoms with Crippen molar-refractivity contribution in [3.63, 3.8) is 0 Å². The van der Waals surface area contributed by atoms with Gasteiger partial charge in [-0.2, -0.15) is 0 Å². The molecule has 0 atom stereocenters. The molecule has 1 N–H and O–H groups in total. The highest BCUT2D eigenvalue weighted by Crippen LogP contribution is 2.47. The molecule has 0 bridgehead atoms. The highest BCUT2D eigenvalue weighted by Gasteiger charge is 2.35. The molecule has 9 aromatic rings. The highest BCUT2D eigenvalue weighted by molar-refractivity contribution is 5.98. The molecule has 7 aromatic carbocycles. The van der Waals surface area contributed by atoms with Gasteiger partial charge in [0.1, 0.15) is 11.6 Å². The third kappa shape index (κ3) is 8.26. The summed E-state index contributed by atoms with van der Waals surface area (Å²) in [7, 11) is 0. The lowest BCUT2D eigenvalue weighted by atomic mass is 9.65. The van der Waals surface area contributed by atoms with Crippen molar-refractivity contribution in [2.24, 2.45) is 5.41 Å². The van der Waals surface area contributed by atoms with Crippen LogP contribution in [0.5, 0.6) is 5.75 Å². The Hall–Kier alpha value is -7.04. The number of phenolic OH excluding ortho intramolecular Hbond substituents is 1. The van der Waals surface area contributed by atoms with E-state index in [-0.39, 0.29) is 16.6 Å². The third-order valence-corrected chi connectivity index (χ3v) is 13.9. The minimum absolute atomic E-state index is 0.0178. The number of hydrogen-bond acceptors (Lipinski definition) is 3. The zero-order chi connectivity index (χ0) is 48.3. The molecule has 0 aliphatic heterocycles. The monoisotopic (exact) mass is 865 g/mol. The summed E-state index contributed by atoms with van der Waals surface area (Å²) < 4.78 is 20.6. The molecule has 66 heavy (non-hydrogen) atoms. The quantitative estimate of drug-likeness (QED) is 0.149. The SMILES string of the molecule is [2H]C(C)(C)c1cc(-c2nc3c(-c4cc(-c5ccccc5)cc(-c5cc(-c6ccc(C)cc6)ccn5)c4)cccc3n2-c2ccc(C(C)(C)C(C)(C)C)cc2-c2ccccc2)c(O)c(C([2H])(C)C)c1. The number of phenols is 1. The van der Waals surface area contributed by atoms with Gasteiger partial charge in [-0.1, -0.05) is 177 Å². The Morgan fingerprint density at radius 1 is 0.545 bits per heavy atom. The van der Waals surface area contributed by atoms with E-state index in [0.29, 0.717) is 22.5 Å². The zero-order valence-electron chi connectivity index (χ0n) is 42.0. The number of hydrogen-bond donors (Lipinski definition) is 1. The third-order valence-electron chi connectivity index (χ3n) is 13.9. The fourth-order valence-corrected chi connectivity index (χ4v) is 8.88. The molecular formula is C62H61N3O. The van der Waals surface area contributed by atoms with Crippen molar-refractivity contribution in [1.82, 2.24) is 14.5 Å². The standard InChI is InChI=1S/C62H61N3O/c1-39(2)46-35-52(40(3)4)59(66)54(36-46)60-64-58-51(22-17-23-57(58)65(60)56-29-28-50(62(9,10)61(6,7)8)38-53(56)44-20-15-12-16-21-44)48-32-47(42-18-13-11-14-19-42)33-49(34-48)55-37-45(30-31-63-55)43-26-24-41(5)25-27-43/h11-40,66H,1-10H3/i39D,40D. The van der Waals surface area contributed by atoms with E-state index < -0.39 is 11.8 Å². The predicted octanol–water partition coefficient (Wildman–Crippen LogP) is 17.0. The minimum atomic E-state index is -1.17. The molecule has 0 saturated carbocycles. The predicted molar refractivity (Wildman–Crippen MR) is 279 cm³/mol. The molecule has 0 saturated heterocycles. The first-order chi connectivity index (χ1) is 32.2. The van der Waals surface area contributed by atoms with Crippen LogP contribution in [-0.4, -0.2) is 19.6 Å². The number of imidazole rings is 1. The molecule has 4 nitrogen and oxygen atoms in total. The normalized spacial score (nSPS) is 12.9. The molecular weight excluding hydrogens is 803 g/mol. The van der Waals surface area contributed by atoms with Crippen molar-refractivity contribution in [3.8, 4) is 78.6 Å². The van der Waals surface area contributed by atoms with E-state index in [1.165, 1.54) is 11.1 Å². The lowest BCUT2D eigenvalue weighted by molar-refractivity contribution is 0.225. The maximum atomic E-state index is 12.5. The van der Waals surface area contributed by atoms with Crippen LogP contribution in [0.2, 0.25) is 0 Å². The first-order valence-electron chi connectivity index (χ1n) is 24.0. The Labute approximate surface area is 394 Å². The molecule has 9 rings (SSSR count). The zero-order valence-corrected chi connectivity index (χ0v) is 40.0. The van der Waals surface area contributed by atoms with Gasteiger partial charge in [-0.15, -0.1) is 0 Å². The molecule has 0 aliphatic carbocycles. The van der Waals surface area contributed by atoms with E-state index in [4.69, 9.17) is 9.97 Å².